The fourth-order valence-electron chi connectivity index (χ4n) is 2.39. The van der Waals surface area contributed by atoms with Crippen molar-refractivity contribution in [3.05, 3.63) is 28.7 Å². The molecule has 1 aliphatic heterocycles. The van der Waals surface area contributed by atoms with Crippen LogP contribution in [0.1, 0.15) is 5.76 Å². The van der Waals surface area contributed by atoms with E-state index in [2.05, 4.69) is 46.2 Å². The Morgan fingerprint density at radius 1 is 1.30 bits per heavy atom. The number of amides is 1. The molecule has 1 amide bonds. The summed E-state index contributed by atoms with van der Waals surface area (Å²) in [6.07, 6.45) is 3.48. The fraction of sp³-hybridized carbons (Fsp3) is 0.429. The zero-order valence-electron chi connectivity index (χ0n) is 12.7. The van der Waals surface area contributed by atoms with Crippen molar-refractivity contribution in [2.24, 2.45) is 0 Å². The van der Waals surface area contributed by atoms with Crippen molar-refractivity contribution in [2.45, 2.75) is 6.92 Å². The predicted octanol–water partition coefficient (Wildman–Crippen LogP) is 1.30. The van der Waals surface area contributed by atoms with Gasteiger partial charge in [-0.1, -0.05) is 5.16 Å². The van der Waals surface area contributed by atoms with Gasteiger partial charge >= 0.3 is 0 Å². The summed E-state index contributed by atoms with van der Waals surface area (Å²) < 4.78 is 5.79. The molecule has 1 saturated heterocycles. The lowest BCUT2D eigenvalue weighted by atomic mass is 10.3. The first-order valence-corrected chi connectivity index (χ1v) is 8.07. The van der Waals surface area contributed by atoms with E-state index >= 15 is 0 Å². The summed E-state index contributed by atoms with van der Waals surface area (Å²) in [5, 5.41) is 6.48. The highest BCUT2D eigenvalue weighted by Crippen LogP contribution is 2.13. The van der Waals surface area contributed by atoms with E-state index in [4.69, 9.17) is 4.52 Å². The molecule has 0 atom stereocenters. The van der Waals surface area contributed by atoms with Crippen LogP contribution in [-0.2, 0) is 4.79 Å². The Kier molecular flexibility index (Phi) is 4.87. The highest BCUT2D eigenvalue weighted by atomic mass is 79.9. The first-order chi connectivity index (χ1) is 11.1. The lowest BCUT2D eigenvalue weighted by Crippen LogP contribution is -2.49. The predicted molar refractivity (Wildman–Crippen MR) is 88.3 cm³/mol. The second kappa shape index (κ2) is 7.05. The van der Waals surface area contributed by atoms with Crippen LogP contribution in [0, 0.1) is 6.92 Å². The summed E-state index contributed by atoms with van der Waals surface area (Å²) in [5.74, 6) is 1.75. The van der Waals surface area contributed by atoms with Gasteiger partial charge in [-0.2, -0.15) is 0 Å². The average Bonchev–Trinajstić information content (AvgIpc) is 2.94. The van der Waals surface area contributed by atoms with E-state index in [1.165, 1.54) is 0 Å². The van der Waals surface area contributed by atoms with Crippen molar-refractivity contribution in [1.82, 2.24) is 20.0 Å². The third kappa shape index (κ3) is 4.26. The average molecular weight is 381 g/mol. The lowest BCUT2D eigenvalue weighted by Gasteiger charge is -2.34. The van der Waals surface area contributed by atoms with Crippen molar-refractivity contribution in [2.75, 3.05) is 42.9 Å². The molecule has 2 aromatic rings. The van der Waals surface area contributed by atoms with Crippen molar-refractivity contribution in [1.29, 1.82) is 0 Å². The SMILES string of the molecule is Cc1cc(NC(=O)CN2CCN(c3ncc(Br)cn3)CC2)no1. The van der Waals surface area contributed by atoms with Gasteiger partial charge in [0.15, 0.2) is 5.82 Å². The van der Waals surface area contributed by atoms with Gasteiger partial charge in [0.1, 0.15) is 5.76 Å². The van der Waals surface area contributed by atoms with Gasteiger partial charge in [-0.3, -0.25) is 9.69 Å². The fourth-order valence-corrected chi connectivity index (χ4v) is 2.59. The Labute approximate surface area is 142 Å². The van der Waals surface area contributed by atoms with Crippen molar-refractivity contribution in [3.63, 3.8) is 0 Å². The number of carbonyl (C=O) groups excluding carboxylic acids is 1. The minimum Gasteiger partial charge on any atom is -0.360 e. The highest BCUT2D eigenvalue weighted by molar-refractivity contribution is 9.10. The van der Waals surface area contributed by atoms with Crippen molar-refractivity contribution in [3.8, 4) is 0 Å². The molecular formula is C14H17BrN6O2. The molecule has 8 nitrogen and oxygen atoms in total. The number of aryl methyl sites for hydroxylation is 1. The van der Waals surface area contributed by atoms with Gasteiger partial charge in [0.05, 0.1) is 11.0 Å². The Morgan fingerprint density at radius 3 is 2.61 bits per heavy atom. The first kappa shape index (κ1) is 15.9. The lowest BCUT2D eigenvalue weighted by molar-refractivity contribution is -0.117. The molecule has 0 bridgehead atoms. The number of aromatic nitrogens is 3. The van der Waals surface area contributed by atoms with Gasteiger partial charge < -0.3 is 14.7 Å². The standard InChI is InChI=1S/C14H17BrN6O2/c1-10-6-12(19-23-10)18-13(22)9-20-2-4-21(5-3-20)14-16-7-11(15)8-17-14/h6-8H,2-5,9H2,1H3,(H,18,19,22). The number of hydrogen-bond donors (Lipinski definition) is 1. The topological polar surface area (TPSA) is 87.4 Å². The number of halogens is 1. The van der Waals surface area contributed by atoms with Crippen molar-refractivity contribution < 1.29 is 9.32 Å². The van der Waals surface area contributed by atoms with E-state index in [-0.39, 0.29) is 5.91 Å². The van der Waals surface area contributed by atoms with E-state index in [1.807, 2.05) is 0 Å². The number of nitrogens with zero attached hydrogens (tertiary/aromatic N) is 5. The Morgan fingerprint density at radius 2 is 2.00 bits per heavy atom. The third-order valence-corrected chi connectivity index (χ3v) is 3.93. The number of anilines is 2. The summed E-state index contributed by atoms with van der Waals surface area (Å²) in [5.41, 5.74) is 0. The molecule has 3 rings (SSSR count). The number of nitrogens with one attached hydrogen (secondary N) is 1. The zero-order valence-corrected chi connectivity index (χ0v) is 14.3. The second-order valence-corrected chi connectivity index (χ2v) is 6.25. The summed E-state index contributed by atoms with van der Waals surface area (Å²) >= 11 is 3.33. The van der Waals surface area contributed by atoms with E-state index in [0.29, 0.717) is 18.1 Å². The Hall–Kier alpha value is -2.00. The van der Waals surface area contributed by atoms with E-state index in [0.717, 1.165) is 36.6 Å². The molecule has 0 saturated carbocycles. The number of hydrogen-bond acceptors (Lipinski definition) is 7. The molecule has 3 heterocycles. The van der Waals surface area contributed by atoms with Crippen LogP contribution in [0.15, 0.2) is 27.5 Å². The summed E-state index contributed by atoms with van der Waals surface area (Å²) in [7, 11) is 0. The maximum absolute atomic E-state index is 12.0. The molecule has 2 aromatic heterocycles. The third-order valence-electron chi connectivity index (χ3n) is 3.52. The van der Waals surface area contributed by atoms with Crippen LogP contribution in [0.25, 0.3) is 0 Å². The van der Waals surface area contributed by atoms with Crippen LogP contribution in [-0.4, -0.2) is 58.7 Å². The molecule has 1 N–H and O–H groups in total. The minimum absolute atomic E-state index is 0.0911. The summed E-state index contributed by atoms with van der Waals surface area (Å²) in [4.78, 5) is 24.8. The van der Waals surface area contributed by atoms with Gasteiger partial charge in [-0.05, 0) is 22.9 Å². The molecule has 1 fully saturated rings. The number of piperazine rings is 1. The van der Waals surface area contributed by atoms with Gasteiger partial charge in [0, 0.05) is 44.6 Å². The van der Waals surface area contributed by atoms with Gasteiger partial charge in [0.25, 0.3) is 0 Å². The molecule has 0 spiro atoms. The van der Waals surface area contributed by atoms with E-state index in [9.17, 15) is 4.79 Å². The van der Waals surface area contributed by atoms with Crippen LogP contribution in [0.3, 0.4) is 0 Å². The van der Waals surface area contributed by atoms with E-state index in [1.54, 1.807) is 25.4 Å². The van der Waals surface area contributed by atoms with Crippen LogP contribution >= 0.6 is 15.9 Å². The monoisotopic (exact) mass is 380 g/mol. The molecule has 1 aliphatic rings. The first-order valence-electron chi connectivity index (χ1n) is 7.28. The normalized spacial score (nSPS) is 15.7. The largest absolute Gasteiger partial charge is 0.360 e. The van der Waals surface area contributed by atoms with Gasteiger partial charge in [0.2, 0.25) is 11.9 Å². The molecule has 122 valence electrons. The second-order valence-electron chi connectivity index (χ2n) is 5.34. The number of carbonyl (C=O) groups is 1. The molecule has 0 aliphatic carbocycles. The Balaban J connectivity index is 1.47. The molecular weight excluding hydrogens is 364 g/mol. The maximum Gasteiger partial charge on any atom is 0.239 e. The van der Waals surface area contributed by atoms with Crippen LogP contribution < -0.4 is 10.2 Å². The smallest absolute Gasteiger partial charge is 0.239 e. The van der Waals surface area contributed by atoms with Crippen LogP contribution in [0.4, 0.5) is 11.8 Å². The Bertz CT molecular complexity index is 666. The molecule has 9 heteroatoms. The van der Waals surface area contributed by atoms with Gasteiger partial charge in [-0.15, -0.1) is 0 Å². The summed E-state index contributed by atoms with van der Waals surface area (Å²) in [6, 6.07) is 1.70. The highest BCUT2D eigenvalue weighted by Gasteiger charge is 2.20. The van der Waals surface area contributed by atoms with Gasteiger partial charge in [-0.25, -0.2) is 9.97 Å². The maximum atomic E-state index is 12.0. The zero-order chi connectivity index (χ0) is 16.2. The van der Waals surface area contributed by atoms with Crippen molar-refractivity contribution >= 4 is 33.6 Å². The quantitative estimate of drug-likeness (QED) is 0.854. The van der Waals surface area contributed by atoms with E-state index < -0.39 is 0 Å². The molecule has 0 unspecified atom stereocenters. The summed E-state index contributed by atoms with van der Waals surface area (Å²) in [6.45, 7) is 5.26. The number of rotatable bonds is 4. The van der Waals surface area contributed by atoms with Crippen LogP contribution in [0.5, 0.6) is 0 Å². The van der Waals surface area contributed by atoms with Crippen LogP contribution in [0.2, 0.25) is 0 Å². The molecule has 23 heavy (non-hydrogen) atoms. The minimum atomic E-state index is -0.0911. The molecule has 0 radical (unpaired) electrons. The molecule has 0 aromatic carbocycles.